The van der Waals surface area contributed by atoms with Gasteiger partial charge >= 0.3 is 0 Å². The number of hydrogen-bond acceptors (Lipinski definition) is 2. The molecular formula is C17H33NO. The van der Waals surface area contributed by atoms with Gasteiger partial charge in [0.15, 0.2) is 0 Å². The second-order valence-electron chi connectivity index (χ2n) is 7.91. The molecule has 19 heavy (non-hydrogen) atoms. The van der Waals surface area contributed by atoms with Gasteiger partial charge in [-0.1, -0.05) is 26.7 Å². The van der Waals surface area contributed by atoms with Crippen LogP contribution in [0.1, 0.15) is 66.7 Å². The fourth-order valence-corrected chi connectivity index (χ4v) is 3.73. The minimum Gasteiger partial charge on any atom is -0.377 e. The molecule has 1 saturated carbocycles. The van der Waals surface area contributed by atoms with Crippen LogP contribution in [0, 0.1) is 17.3 Å². The number of ether oxygens (including phenoxy) is 1. The molecule has 0 amide bonds. The van der Waals surface area contributed by atoms with Gasteiger partial charge in [-0.25, -0.2) is 0 Å². The molecule has 2 aliphatic rings. The van der Waals surface area contributed by atoms with Gasteiger partial charge in [-0.2, -0.15) is 0 Å². The SMILES string of the molecule is CCCC(C)C1(CNC(C)(C)C)CCOC1C1CC1. The average Bonchev–Trinajstić information content (AvgIpc) is 3.06. The highest BCUT2D eigenvalue weighted by Gasteiger charge is 2.53. The van der Waals surface area contributed by atoms with E-state index in [2.05, 4.69) is 39.9 Å². The van der Waals surface area contributed by atoms with E-state index < -0.39 is 0 Å². The Morgan fingerprint density at radius 2 is 2.00 bits per heavy atom. The molecule has 2 nitrogen and oxygen atoms in total. The maximum atomic E-state index is 6.19. The molecule has 2 fully saturated rings. The van der Waals surface area contributed by atoms with Crippen molar-refractivity contribution in [1.82, 2.24) is 5.32 Å². The first-order valence-corrected chi connectivity index (χ1v) is 8.25. The summed E-state index contributed by atoms with van der Waals surface area (Å²) in [6, 6.07) is 0. The molecule has 2 rings (SSSR count). The van der Waals surface area contributed by atoms with Crippen LogP contribution in [0.25, 0.3) is 0 Å². The summed E-state index contributed by atoms with van der Waals surface area (Å²) in [5.74, 6) is 1.61. The molecule has 1 heterocycles. The summed E-state index contributed by atoms with van der Waals surface area (Å²) >= 11 is 0. The molecule has 1 N–H and O–H groups in total. The van der Waals surface area contributed by atoms with Gasteiger partial charge in [0.05, 0.1) is 6.10 Å². The Morgan fingerprint density at radius 3 is 2.53 bits per heavy atom. The summed E-state index contributed by atoms with van der Waals surface area (Å²) in [6.07, 6.45) is 7.16. The molecule has 3 atom stereocenters. The van der Waals surface area contributed by atoms with E-state index in [-0.39, 0.29) is 5.54 Å². The Labute approximate surface area is 119 Å². The Kier molecular flexibility index (Phi) is 4.62. The summed E-state index contributed by atoms with van der Waals surface area (Å²) in [4.78, 5) is 0. The lowest BCUT2D eigenvalue weighted by atomic mass is 9.67. The fraction of sp³-hybridized carbons (Fsp3) is 1.00. The molecule has 1 aliphatic heterocycles. The van der Waals surface area contributed by atoms with Crippen LogP contribution in [0.2, 0.25) is 0 Å². The van der Waals surface area contributed by atoms with Crippen molar-refractivity contribution < 1.29 is 4.74 Å². The topological polar surface area (TPSA) is 21.3 Å². The number of hydrogen-bond donors (Lipinski definition) is 1. The molecule has 1 aliphatic carbocycles. The molecule has 2 heteroatoms. The van der Waals surface area contributed by atoms with Gasteiger partial charge < -0.3 is 10.1 Å². The predicted octanol–water partition coefficient (Wildman–Crippen LogP) is 4.00. The highest BCUT2D eigenvalue weighted by atomic mass is 16.5. The quantitative estimate of drug-likeness (QED) is 0.785. The van der Waals surface area contributed by atoms with Crippen LogP contribution < -0.4 is 5.32 Å². The lowest BCUT2D eigenvalue weighted by Crippen LogP contribution is -2.51. The zero-order valence-corrected chi connectivity index (χ0v) is 13.6. The molecule has 0 bridgehead atoms. The zero-order chi connectivity index (χ0) is 14.1. The smallest absolute Gasteiger partial charge is 0.0674 e. The Morgan fingerprint density at radius 1 is 1.32 bits per heavy atom. The summed E-state index contributed by atoms with van der Waals surface area (Å²) in [6.45, 7) is 13.7. The second kappa shape index (κ2) is 5.73. The van der Waals surface area contributed by atoms with Gasteiger partial charge in [0.1, 0.15) is 0 Å². The number of rotatable bonds is 6. The van der Waals surface area contributed by atoms with Crippen LogP contribution in [0.15, 0.2) is 0 Å². The first-order chi connectivity index (χ1) is 8.89. The van der Waals surface area contributed by atoms with Crippen molar-refractivity contribution in [2.45, 2.75) is 78.4 Å². The van der Waals surface area contributed by atoms with Crippen molar-refractivity contribution in [2.24, 2.45) is 17.3 Å². The monoisotopic (exact) mass is 267 g/mol. The summed E-state index contributed by atoms with van der Waals surface area (Å²) in [5, 5.41) is 3.78. The molecule has 0 aromatic rings. The van der Waals surface area contributed by atoms with Gasteiger partial charge in [-0.05, 0) is 51.9 Å². The second-order valence-corrected chi connectivity index (χ2v) is 7.91. The van der Waals surface area contributed by atoms with E-state index in [0.29, 0.717) is 11.5 Å². The highest BCUT2D eigenvalue weighted by molar-refractivity contribution is 5.03. The Hall–Kier alpha value is -0.0800. The van der Waals surface area contributed by atoms with E-state index in [4.69, 9.17) is 4.74 Å². The van der Waals surface area contributed by atoms with E-state index in [0.717, 1.165) is 25.0 Å². The summed E-state index contributed by atoms with van der Waals surface area (Å²) in [5.41, 5.74) is 0.583. The third-order valence-corrected chi connectivity index (χ3v) is 5.13. The molecular weight excluding hydrogens is 234 g/mol. The largest absolute Gasteiger partial charge is 0.377 e. The predicted molar refractivity (Wildman–Crippen MR) is 81.3 cm³/mol. The maximum Gasteiger partial charge on any atom is 0.0674 e. The van der Waals surface area contributed by atoms with Gasteiger partial charge in [0.25, 0.3) is 0 Å². The van der Waals surface area contributed by atoms with Crippen LogP contribution in [0.5, 0.6) is 0 Å². The first kappa shape index (κ1) is 15.3. The van der Waals surface area contributed by atoms with Gasteiger partial charge in [0, 0.05) is 24.1 Å². The lowest BCUT2D eigenvalue weighted by molar-refractivity contribution is -0.00185. The van der Waals surface area contributed by atoms with E-state index in [9.17, 15) is 0 Å². The molecule has 0 radical (unpaired) electrons. The first-order valence-electron chi connectivity index (χ1n) is 8.25. The molecule has 0 spiro atoms. The van der Waals surface area contributed by atoms with E-state index >= 15 is 0 Å². The molecule has 1 saturated heterocycles. The van der Waals surface area contributed by atoms with Gasteiger partial charge in [-0.15, -0.1) is 0 Å². The van der Waals surface area contributed by atoms with E-state index in [1.165, 1.54) is 32.1 Å². The normalized spacial score (nSPS) is 33.6. The average molecular weight is 267 g/mol. The van der Waals surface area contributed by atoms with Crippen LogP contribution in [-0.2, 0) is 4.74 Å². The molecule has 3 unspecified atom stereocenters. The molecule has 0 aromatic heterocycles. The highest BCUT2D eigenvalue weighted by Crippen LogP contribution is 2.52. The lowest BCUT2D eigenvalue weighted by Gasteiger charge is -2.42. The molecule has 112 valence electrons. The Balaban J connectivity index is 2.11. The van der Waals surface area contributed by atoms with Crippen molar-refractivity contribution >= 4 is 0 Å². The van der Waals surface area contributed by atoms with E-state index in [1.807, 2.05) is 0 Å². The minimum atomic E-state index is 0.204. The zero-order valence-electron chi connectivity index (χ0n) is 13.6. The third kappa shape index (κ3) is 3.52. The van der Waals surface area contributed by atoms with Crippen molar-refractivity contribution in [3.05, 3.63) is 0 Å². The minimum absolute atomic E-state index is 0.204. The van der Waals surface area contributed by atoms with Crippen LogP contribution in [0.4, 0.5) is 0 Å². The number of nitrogens with one attached hydrogen (secondary N) is 1. The van der Waals surface area contributed by atoms with Crippen LogP contribution >= 0.6 is 0 Å². The van der Waals surface area contributed by atoms with Crippen molar-refractivity contribution in [2.75, 3.05) is 13.2 Å². The third-order valence-electron chi connectivity index (χ3n) is 5.13. The van der Waals surface area contributed by atoms with Crippen molar-refractivity contribution in [1.29, 1.82) is 0 Å². The summed E-state index contributed by atoms with van der Waals surface area (Å²) < 4.78 is 6.19. The van der Waals surface area contributed by atoms with Crippen molar-refractivity contribution in [3.63, 3.8) is 0 Å². The maximum absolute atomic E-state index is 6.19. The van der Waals surface area contributed by atoms with Gasteiger partial charge in [-0.3, -0.25) is 0 Å². The van der Waals surface area contributed by atoms with Crippen molar-refractivity contribution in [3.8, 4) is 0 Å². The van der Waals surface area contributed by atoms with E-state index in [1.54, 1.807) is 0 Å². The Bertz CT molecular complexity index is 292. The van der Waals surface area contributed by atoms with Crippen LogP contribution in [0.3, 0.4) is 0 Å². The van der Waals surface area contributed by atoms with Crippen LogP contribution in [-0.4, -0.2) is 24.8 Å². The molecule has 0 aromatic carbocycles. The fourth-order valence-electron chi connectivity index (χ4n) is 3.73. The summed E-state index contributed by atoms with van der Waals surface area (Å²) in [7, 11) is 0. The standard InChI is InChI=1S/C17H33NO/c1-6-7-13(2)17(12-18-16(3,4)5)10-11-19-15(17)14-8-9-14/h13-15,18H,6-12H2,1-5H3. The van der Waals surface area contributed by atoms with Gasteiger partial charge in [0.2, 0.25) is 0 Å².